The second kappa shape index (κ2) is 5.31. The Morgan fingerprint density at radius 2 is 2.22 bits per heavy atom. The monoisotopic (exact) mass is 269 g/mol. The summed E-state index contributed by atoms with van der Waals surface area (Å²) in [6, 6.07) is 0.826. The number of fused-ring (bicyclic) bond motifs is 1. The van der Waals surface area contributed by atoms with Crippen LogP contribution < -0.4 is 5.73 Å². The lowest BCUT2D eigenvalue weighted by Crippen LogP contribution is -2.63. The van der Waals surface area contributed by atoms with Crippen LogP contribution >= 0.6 is 11.8 Å². The number of nitrogens with zero attached hydrogens (tertiary/aromatic N) is 2. The van der Waals surface area contributed by atoms with Crippen molar-refractivity contribution in [3.63, 3.8) is 0 Å². The molecule has 0 bridgehead atoms. The summed E-state index contributed by atoms with van der Waals surface area (Å²) in [5.74, 6) is 1.29. The molecule has 0 aromatic rings. The van der Waals surface area contributed by atoms with Crippen LogP contribution in [0.2, 0.25) is 0 Å². The maximum atomic E-state index is 6.23. The van der Waals surface area contributed by atoms with Crippen LogP contribution in [-0.2, 0) is 0 Å². The molecule has 0 aromatic carbocycles. The molecule has 104 valence electrons. The summed E-state index contributed by atoms with van der Waals surface area (Å²) in [5, 5.41) is 0.781. The molecule has 3 heterocycles. The Bertz CT molecular complexity index is 299. The summed E-state index contributed by atoms with van der Waals surface area (Å²) in [6.45, 7) is 8.32. The zero-order valence-corrected chi connectivity index (χ0v) is 12.4. The number of thioether (sulfide) groups is 1. The van der Waals surface area contributed by atoms with Crippen LogP contribution in [0.3, 0.4) is 0 Å². The van der Waals surface area contributed by atoms with E-state index in [2.05, 4.69) is 28.5 Å². The maximum absolute atomic E-state index is 6.23. The molecule has 2 N–H and O–H groups in total. The summed E-state index contributed by atoms with van der Waals surface area (Å²) in [6.07, 6.45) is 5.41. The largest absolute Gasteiger partial charge is 0.329 e. The SMILES string of the molecule is CC1CN(C2(CN)CCN3CCCC3C2)CCS1. The molecule has 3 rings (SSSR count). The summed E-state index contributed by atoms with van der Waals surface area (Å²) >= 11 is 2.12. The van der Waals surface area contributed by atoms with Crippen LogP contribution in [0.25, 0.3) is 0 Å². The number of hydrogen-bond donors (Lipinski definition) is 1. The molecule has 0 aromatic heterocycles. The molecule has 18 heavy (non-hydrogen) atoms. The van der Waals surface area contributed by atoms with Gasteiger partial charge in [0.15, 0.2) is 0 Å². The van der Waals surface area contributed by atoms with E-state index in [4.69, 9.17) is 5.73 Å². The molecule has 3 atom stereocenters. The van der Waals surface area contributed by atoms with Crippen molar-refractivity contribution >= 4 is 11.8 Å². The number of piperidine rings is 1. The minimum Gasteiger partial charge on any atom is -0.329 e. The Kier molecular flexibility index (Phi) is 3.90. The third-order valence-corrected chi connectivity index (χ3v) is 6.41. The van der Waals surface area contributed by atoms with Gasteiger partial charge in [0.2, 0.25) is 0 Å². The van der Waals surface area contributed by atoms with E-state index in [1.165, 1.54) is 57.6 Å². The van der Waals surface area contributed by atoms with Crippen LogP contribution in [-0.4, -0.2) is 65.1 Å². The van der Waals surface area contributed by atoms with Crippen LogP contribution in [0.1, 0.15) is 32.6 Å². The molecule has 4 heteroatoms. The molecule has 0 amide bonds. The first-order valence-electron chi connectivity index (χ1n) is 7.54. The smallest absolute Gasteiger partial charge is 0.0359 e. The van der Waals surface area contributed by atoms with Crippen molar-refractivity contribution in [2.45, 2.75) is 49.4 Å². The fourth-order valence-corrected chi connectivity index (χ4v) is 5.18. The highest BCUT2D eigenvalue weighted by Crippen LogP contribution is 2.38. The molecule has 3 unspecified atom stereocenters. The minimum absolute atomic E-state index is 0.320. The highest BCUT2D eigenvalue weighted by molar-refractivity contribution is 7.99. The van der Waals surface area contributed by atoms with Gasteiger partial charge < -0.3 is 10.6 Å². The summed E-state index contributed by atoms with van der Waals surface area (Å²) in [4.78, 5) is 5.44. The second-order valence-electron chi connectivity index (χ2n) is 6.34. The Morgan fingerprint density at radius 3 is 3.00 bits per heavy atom. The van der Waals surface area contributed by atoms with Gasteiger partial charge in [-0.05, 0) is 32.2 Å². The van der Waals surface area contributed by atoms with Gasteiger partial charge in [0.1, 0.15) is 0 Å². The lowest BCUT2D eigenvalue weighted by molar-refractivity contribution is 0.0129. The molecule has 3 aliphatic rings. The zero-order valence-electron chi connectivity index (χ0n) is 11.6. The first-order chi connectivity index (χ1) is 8.73. The van der Waals surface area contributed by atoms with Gasteiger partial charge in [-0.1, -0.05) is 6.92 Å². The van der Waals surface area contributed by atoms with E-state index >= 15 is 0 Å². The van der Waals surface area contributed by atoms with Gasteiger partial charge in [0, 0.05) is 48.8 Å². The molecule has 0 spiro atoms. The van der Waals surface area contributed by atoms with Gasteiger partial charge in [0.25, 0.3) is 0 Å². The summed E-state index contributed by atoms with van der Waals surface area (Å²) < 4.78 is 0. The van der Waals surface area contributed by atoms with Gasteiger partial charge >= 0.3 is 0 Å². The summed E-state index contributed by atoms with van der Waals surface area (Å²) in [5.41, 5.74) is 6.55. The highest BCUT2D eigenvalue weighted by atomic mass is 32.2. The van der Waals surface area contributed by atoms with Crippen molar-refractivity contribution in [2.75, 3.05) is 38.5 Å². The van der Waals surface area contributed by atoms with Gasteiger partial charge in [-0.2, -0.15) is 11.8 Å². The molecule has 3 fully saturated rings. The van der Waals surface area contributed by atoms with Gasteiger partial charge in [-0.25, -0.2) is 0 Å². The molecular weight excluding hydrogens is 242 g/mol. The average Bonchev–Trinajstić information content (AvgIpc) is 2.85. The highest BCUT2D eigenvalue weighted by Gasteiger charge is 2.44. The van der Waals surface area contributed by atoms with Crippen molar-refractivity contribution in [1.82, 2.24) is 9.80 Å². The van der Waals surface area contributed by atoms with E-state index in [0.29, 0.717) is 5.54 Å². The number of rotatable bonds is 2. The Labute approximate surface area is 115 Å². The van der Waals surface area contributed by atoms with E-state index < -0.39 is 0 Å². The molecule has 3 saturated heterocycles. The lowest BCUT2D eigenvalue weighted by atomic mass is 9.81. The zero-order chi connectivity index (χ0) is 12.6. The van der Waals surface area contributed by atoms with Gasteiger partial charge in [-0.15, -0.1) is 0 Å². The van der Waals surface area contributed by atoms with E-state index in [0.717, 1.165) is 17.8 Å². The number of hydrogen-bond acceptors (Lipinski definition) is 4. The van der Waals surface area contributed by atoms with E-state index in [1.54, 1.807) is 0 Å². The van der Waals surface area contributed by atoms with Crippen molar-refractivity contribution in [2.24, 2.45) is 5.73 Å². The van der Waals surface area contributed by atoms with Crippen molar-refractivity contribution in [1.29, 1.82) is 0 Å². The van der Waals surface area contributed by atoms with Crippen LogP contribution in [0.15, 0.2) is 0 Å². The van der Waals surface area contributed by atoms with E-state index in [1.807, 2.05) is 0 Å². The summed E-state index contributed by atoms with van der Waals surface area (Å²) in [7, 11) is 0. The molecule has 3 aliphatic heterocycles. The van der Waals surface area contributed by atoms with Gasteiger partial charge in [0.05, 0.1) is 0 Å². The predicted molar refractivity (Wildman–Crippen MR) is 79.1 cm³/mol. The molecule has 0 saturated carbocycles. The van der Waals surface area contributed by atoms with Crippen LogP contribution in [0.5, 0.6) is 0 Å². The van der Waals surface area contributed by atoms with Crippen LogP contribution in [0.4, 0.5) is 0 Å². The molecule has 0 radical (unpaired) electrons. The quantitative estimate of drug-likeness (QED) is 0.821. The third kappa shape index (κ3) is 2.33. The first kappa shape index (κ1) is 13.2. The second-order valence-corrected chi connectivity index (χ2v) is 7.89. The van der Waals surface area contributed by atoms with E-state index in [-0.39, 0.29) is 0 Å². The molecular formula is C14H27N3S. The van der Waals surface area contributed by atoms with E-state index in [9.17, 15) is 0 Å². The number of nitrogens with two attached hydrogens (primary N) is 1. The van der Waals surface area contributed by atoms with Crippen molar-refractivity contribution in [3.8, 4) is 0 Å². The fourth-order valence-electron chi connectivity index (χ4n) is 4.16. The standard InChI is InChI=1S/C14H27N3S/c1-12-10-17(7-8-18-12)14(11-15)4-6-16-5-2-3-13(16)9-14/h12-13H,2-11,15H2,1H3. The molecule has 3 nitrogen and oxygen atoms in total. The third-order valence-electron chi connectivity index (χ3n) is 5.27. The Balaban J connectivity index is 1.73. The predicted octanol–water partition coefficient (Wildman–Crippen LogP) is 1.38. The Morgan fingerprint density at radius 1 is 1.33 bits per heavy atom. The molecule has 0 aliphatic carbocycles. The van der Waals surface area contributed by atoms with Crippen molar-refractivity contribution in [3.05, 3.63) is 0 Å². The van der Waals surface area contributed by atoms with Gasteiger partial charge in [-0.3, -0.25) is 4.90 Å². The van der Waals surface area contributed by atoms with Crippen LogP contribution in [0, 0.1) is 0 Å². The normalized spacial score (nSPS) is 43.0. The topological polar surface area (TPSA) is 32.5 Å². The maximum Gasteiger partial charge on any atom is 0.0359 e. The van der Waals surface area contributed by atoms with Crippen molar-refractivity contribution < 1.29 is 0 Å². The fraction of sp³-hybridized carbons (Fsp3) is 1.00. The average molecular weight is 269 g/mol. The lowest BCUT2D eigenvalue weighted by Gasteiger charge is -2.52. The Hall–Kier alpha value is 0.230. The minimum atomic E-state index is 0.320. The first-order valence-corrected chi connectivity index (χ1v) is 8.59.